The third-order valence-corrected chi connectivity index (χ3v) is 7.66. The number of pyridine rings is 1. The van der Waals surface area contributed by atoms with Crippen molar-refractivity contribution in [1.82, 2.24) is 15.6 Å². The molecule has 1 aliphatic heterocycles. The molecule has 1 aliphatic carbocycles. The lowest BCUT2D eigenvalue weighted by Crippen LogP contribution is -2.41. The molecule has 2 amide bonds. The summed E-state index contributed by atoms with van der Waals surface area (Å²) in [7, 11) is 0. The van der Waals surface area contributed by atoms with Crippen molar-refractivity contribution in [2.75, 3.05) is 0 Å². The molecular formula is C26H32BrN3O6. The molecule has 1 aromatic heterocycles. The van der Waals surface area contributed by atoms with Crippen molar-refractivity contribution in [3.8, 4) is 11.5 Å². The molecule has 9 nitrogen and oxygen atoms in total. The third-order valence-electron chi connectivity index (χ3n) is 7.07. The highest BCUT2D eigenvalue weighted by Gasteiger charge is 2.42. The van der Waals surface area contributed by atoms with Gasteiger partial charge in [-0.05, 0) is 86.0 Å². The zero-order chi connectivity index (χ0) is 26.2. The molecule has 4 N–H and O–H groups in total. The van der Waals surface area contributed by atoms with Crippen LogP contribution in [0, 0.1) is 26.7 Å². The minimum absolute atomic E-state index is 0.00842. The van der Waals surface area contributed by atoms with E-state index in [1.165, 1.54) is 0 Å². The lowest BCUT2D eigenvalue weighted by Gasteiger charge is -2.33. The molecule has 1 saturated carbocycles. The van der Waals surface area contributed by atoms with Crippen LogP contribution in [0.4, 0.5) is 4.79 Å². The number of fused-ring (bicyclic) bond motifs is 1. The van der Waals surface area contributed by atoms with Gasteiger partial charge in [-0.2, -0.15) is 0 Å². The normalized spacial score (nSPS) is 22.8. The summed E-state index contributed by atoms with van der Waals surface area (Å²) in [6.07, 6.45) is 3.02. The molecule has 2 aromatic rings. The molecule has 1 aromatic carbocycles. The predicted octanol–water partition coefficient (Wildman–Crippen LogP) is 4.70. The van der Waals surface area contributed by atoms with Gasteiger partial charge in [-0.25, -0.2) is 4.79 Å². The summed E-state index contributed by atoms with van der Waals surface area (Å²) in [6.45, 7) is 7.50. The topological polar surface area (TPSA) is 130 Å². The highest BCUT2D eigenvalue weighted by Crippen LogP contribution is 2.50. The van der Waals surface area contributed by atoms with E-state index in [9.17, 15) is 14.4 Å². The van der Waals surface area contributed by atoms with E-state index >= 15 is 0 Å². The van der Waals surface area contributed by atoms with E-state index in [1.54, 1.807) is 6.07 Å². The quantitative estimate of drug-likeness (QED) is 0.404. The van der Waals surface area contributed by atoms with Crippen LogP contribution in [-0.2, 0) is 6.54 Å². The number of aromatic amines is 1. The van der Waals surface area contributed by atoms with Crippen molar-refractivity contribution in [1.29, 1.82) is 0 Å². The summed E-state index contributed by atoms with van der Waals surface area (Å²) in [4.78, 5) is 39.1. The maximum atomic E-state index is 13.1. The summed E-state index contributed by atoms with van der Waals surface area (Å²) in [5.74, 6) is 0.251. The maximum Gasteiger partial charge on any atom is 0.404 e. The number of hydrogen-bond donors (Lipinski definition) is 4. The molecule has 0 spiro atoms. The molecule has 0 saturated heterocycles. The van der Waals surface area contributed by atoms with E-state index < -0.39 is 11.9 Å². The van der Waals surface area contributed by atoms with Gasteiger partial charge in [-0.1, -0.05) is 0 Å². The summed E-state index contributed by atoms with van der Waals surface area (Å²) >= 11 is 3.53. The molecule has 1 unspecified atom stereocenters. The maximum absolute atomic E-state index is 13.1. The number of amides is 2. The van der Waals surface area contributed by atoms with Gasteiger partial charge in [0.1, 0.15) is 0 Å². The van der Waals surface area contributed by atoms with Crippen LogP contribution in [-0.4, -0.2) is 33.9 Å². The molecule has 194 valence electrons. The Bertz CT molecular complexity index is 1250. The van der Waals surface area contributed by atoms with Crippen molar-refractivity contribution >= 4 is 27.9 Å². The standard InChI is InChI=1S/C26H32BrN3O6/c1-13-9-14(2)29-24(32)19(13)12-28-23(31)18-10-20(27)22-21(15(18)3)35-26(4,36-22)11-16-5-7-17(8-6-16)30-25(33)34/h9-10,16-17,30H,5-8,11-12H2,1-4H3,(H,28,31)(H,29,32)(H,33,34)/t16-,17+,26?. The Labute approximate surface area is 218 Å². The number of hydrogen-bond acceptors (Lipinski definition) is 5. The largest absolute Gasteiger partial charge is 0.465 e. The molecule has 1 fully saturated rings. The number of carboxylic acid groups (broad SMARTS) is 1. The van der Waals surface area contributed by atoms with Gasteiger partial charge in [0.2, 0.25) is 5.79 Å². The van der Waals surface area contributed by atoms with Crippen LogP contribution in [0.1, 0.15) is 71.8 Å². The number of benzene rings is 1. The Morgan fingerprint density at radius 2 is 1.81 bits per heavy atom. The van der Waals surface area contributed by atoms with Crippen molar-refractivity contribution in [3.63, 3.8) is 0 Å². The number of nitrogens with one attached hydrogen (secondary N) is 3. The zero-order valence-electron chi connectivity index (χ0n) is 20.9. The average molecular weight is 562 g/mol. The van der Waals surface area contributed by atoms with E-state index in [0.29, 0.717) is 45.0 Å². The Hall–Kier alpha value is -3.01. The van der Waals surface area contributed by atoms with Gasteiger partial charge in [-0.3, -0.25) is 9.59 Å². The lowest BCUT2D eigenvalue weighted by molar-refractivity contribution is -0.0835. The number of carbonyl (C=O) groups excluding carboxylic acids is 1. The van der Waals surface area contributed by atoms with E-state index in [0.717, 1.165) is 36.9 Å². The minimum Gasteiger partial charge on any atom is -0.465 e. The monoisotopic (exact) mass is 561 g/mol. The molecule has 0 bridgehead atoms. The predicted molar refractivity (Wildman–Crippen MR) is 138 cm³/mol. The molecule has 36 heavy (non-hydrogen) atoms. The SMILES string of the molecule is Cc1cc(C)c(CNC(=O)c2cc(Br)c3c(c2C)OC(C)(C[C@H]2CC[C@@H](NC(=O)O)CC2)O3)c(=O)[nH]1. The molecule has 4 rings (SSSR count). The molecule has 2 heterocycles. The van der Waals surface area contributed by atoms with Crippen LogP contribution >= 0.6 is 15.9 Å². The fraction of sp³-hybridized carbons (Fsp3) is 0.500. The summed E-state index contributed by atoms with van der Waals surface area (Å²) < 4.78 is 13.2. The number of H-pyrrole nitrogens is 1. The van der Waals surface area contributed by atoms with Gasteiger partial charge in [0.05, 0.1) is 4.47 Å². The first-order chi connectivity index (χ1) is 17.0. The summed E-state index contributed by atoms with van der Waals surface area (Å²) in [5, 5.41) is 14.4. The van der Waals surface area contributed by atoms with Gasteiger partial charge in [-0.15, -0.1) is 0 Å². The van der Waals surface area contributed by atoms with E-state index in [2.05, 4.69) is 31.5 Å². The van der Waals surface area contributed by atoms with Gasteiger partial charge >= 0.3 is 6.09 Å². The first-order valence-corrected chi connectivity index (χ1v) is 12.9. The van der Waals surface area contributed by atoms with Crippen LogP contribution in [0.5, 0.6) is 11.5 Å². The van der Waals surface area contributed by atoms with Crippen molar-refractivity contribution in [2.45, 2.75) is 78.2 Å². The highest BCUT2D eigenvalue weighted by molar-refractivity contribution is 9.10. The van der Waals surface area contributed by atoms with Gasteiger partial charge < -0.3 is 30.2 Å². The Morgan fingerprint density at radius 1 is 1.14 bits per heavy atom. The van der Waals surface area contributed by atoms with E-state index in [1.807, 2.05) is 33.8 Å². The smallest absolute Gasteiger partial charge is 0.404 e. The second kappa shape index (κ2) is 10.2. The average Bonchev–Trinajstić information content (AvgIpc) is 3.14. The summed E-state index contributed by atoms with van der Waals surface area (Å²) in [6, 6.07) is 3.58. The Balaban J connectivity index is 1.44. The Kier molecular flexibility index (Phi) is 7.36. The fourth-order valence-corrected chi connectivity index (χ4v) is 5.76. The number of halogens is 1. The van der Waals surface area contributed by atoms with Crippen molar-refractivity contribution in [2.24, 2.45) is 5.92 Å². The van der Waals surface area contributed by atoms with Crippen LogP contribution in [0.3, 0.4) is 0 Å². The molecule has 0 radical (unpaired) electrons. The second-order valence-electron chi connectivity index (χ2n) is 10.0. The number of ether oxygens (including phenoxy) is 2. The van der Waals surface area contributed by atoms with Crippen LogP contribution in [0.25, 0.3) is 0 Å². The van der Waals surface area contributed by atoms with Crippen LogP contribution in [0.2, 0.25) is 0 Å². The molecule has 10 heteroatoms. The van der Waals surface area contributed by atoms with Crippen molar-refractivity contribution < 1.29 is 24.2 Å². The number of carbonyl (C=O) groups is 2. The van der Waals surface area contributed by atoms with Gasteiger partial charge in [0.15, 0.2) is 11.5 Å². The highest BCUT2D eigenvalue weighted by atomic mass is 79.9. The van der Waals surface area contributed by atoms with Gasteiger partial charge in [0, 0.05) is 48.3 Å². The molecule has 2 aliphatic rings. The van der Waals surface area contributed by atoms with Crippen LogP contribution < -0.4 is 25.7 Å². The van der Waals surface area contributed by atoms with Crippen molar-refractivity contribution in [3.05, 3.63) is 54.9 Å². The Morgan fingerprint density at radius 3 is 2.44 bits per heavy atom. The van der Waals surface area contributed by atoms with E-state index in [4.69, 9.17) is 14.6 Å². The fourth-order valence-electron chi connectivity index (χ4n) is 5.27. The first kappa shape index (κ1) is 26.1. The number of rotatable bonds is 6. The second-order valence-corrected chi connectivity index (χ2v) is 10.9. The lowest BCUT2D eigenvalue weighted by atomic mass is 9.82. The van der Waals surface area contributed by atoms with Gasteiger partial charge in [0.25, 0.3) is 11.5 Å². The minimum atomic E-state index is -0.982. The molecule has 1 atom stereocenters. The number of aromatic nitrogens is 1. The van der Waals surface area contributed by atoms with E-state index in [-0.39, 0.29) is 24.1 Å². The number of aryl methyl sites for hydroxylation is 2. The summed E-state index contributed by atoms with van der Waals surface area (Å²) in [5.41, 5.74) is 3.01. The molecular weight excluding hydrogens is 530 g/mol. The zero-order valence-corrected chi connectivity index (χ0v) is 22.5. The third kappa shape index (κ3) is 5.53. The first-order valence-electron chi connectivity index (χ1n) is 12.1. The van der Waals surface area contributed by atoms with Crippen LogP contribution in [0.15, 0.2) is 21.4 Å².